The Morgan fingerprint density at radius 2 is 2.36 bits per heavy atom. The fraction of sp³-hybridized carbons (Fsp3) is 0.300. The van der Waals surface area contributed by atoms with Crippen molar-refractivity contribution >= 4 is 5.97 Å². The molecule has 4 nitrogen and oxygen atoms in total. The molecule has 0 aliphatic carbocycles. The summed E-state index contributed by atoms with van der Waals surface area (Å²) in [7, 11) is 1.33. The van der Waals surface area contributed by atoms with Crippen LogP contribution in [0.4, 0.5) is 0 Å². The zero-order valence-corrected chi connectivity index (χ0v) is 8.07. The molecule has 14 heavy (non-hydrogen) atoms. The van der Waals surface area contributed by atoms with Crippen molar-refractivity contribution < 1.29 is 9.53 Å². The number of aromatic nitrogens is 1. The summed E-state index contributed by atoms with van der Waals surface area (Å²) in [6.07, 6.45) is 0.142. The average molecular weight is 190 g/mol. The van der Waals surface area contributed by atoms with Gasteiger partial charge < -0.3 is 4.74 Å². The van der Waals surface area contributed by atoms with Crippen LogP contribution in [0, 0.1) is 18.3 Å². The van der Waals surface area contributed by atoms with E-state index in [4.69, 9.17) is 5.26 Å². The highest BCUT2D eigenvalue weighted by molar-refractivity contribution is 5.71. The third-order valence-electron chi connectivity index (χ3n) is 1.82. The van der Waals surface area contributed by atoms with E-state index in [9.17, 15) is 4.79 Å². The Hall–Kier alpha value is -1.89. The topological polar surface area (TPSA) is 63.0 Å². The molecule has 0 aromatic carbocycles. The Morgan fingerprint density at radius 1 is 1.64 bits per heavy atom. The molecule has 0 fully saturated rings. The smallest absolute Gasteiger partial charge is 0.311 e. The number of methoxy groups -OCH3 is 1. The summed E-state index contributed by atoms with van der Waals surface area (Å²) in [6, 6.07) is 5.32. The van der Waals surface area contributed by atoms with E-state index < -0.39 is 0 Å². The van der Waals surface area contributed by atoms with Gasteiger partial charge in [-0.05, 0) is 19.1 Å². The largest absolute Gasteiger partial charge is 0.469 e. The van der Waals surface area contributed by atoms with Gasteiger partial charge in [0.15, 0.2) is 0 Å². The van der Waals surface area contributed by atoms with Crippen molar-refractivity contribution in [2.24, 2.45) is 0 Å². The van der Waals surface area contributed by atoms with Crippen LogP contribution in [-0.4, -0.2) is 18.1 Å². The third-order valence-corrected chi connectivity index (χ3v) is 1.82. The van der Waals surface area contributed by atoms with E-state index in [0.29, 0.717) is 17.0 Å². The molecule has 0 aliphatic heterocycles. The number of rotatable bonds is 2. The standard InChI is InChI=1S/C10H10N2O2/c1-7-8(6-11)3-4-9(12-7)5-10(13)14-2/h3-4H,5H2,1-2H3. The van der Waals surface area contributed by atoms with Crippen molar-refractivity contribution in [1.29, 1.82) is 5.26 Å². The molecular formula is C10H10N2O2. The normalized spacial score (nSPS) is 9.21. The molecular weight excluding hydrogens is 180 g/mol. The van der Waals surface area contributed by atoms with Gasteiger partial charge in [-0.15, -0.1) is 0 Å². The lowest BCUT2D eigenvalue weighted by Gasteiger charge is -2.01. The van der Waals surface area contributed by atoms with Gasteiger partial charge in [-0.2, -0.15) is 5.26 Å². The monoisotopic (exact) mass is 190 g/mol. The fourth-order valence-corrected chi connectivity index (χ4v) is 1.05. The van der Waals surface area contributed by atoms with Crippen molar-refractivity contribution in [2.45, 2.75) is 13.3 Å². The van der Waals surface area contributed by atoms with Crippen LogP contribution < -0.4 is 0 Å². The van der Waals surface area contributed by atoms with E-state index in [0.717, 1.165) is 0 Å². The summed E-state index contributed by atoms with van der Waals surface area (Å²) in [5, 5.41) is 8.66. The molecule has 0 unspecified atom stereocenters. The predicted molar refractivity (Wildman–Crippen MR) is 49.4 cm³/mol. The number of carbonyl (C=O) groups excluding carboxylic acids is 1. The number of hydrogen-bond donors (Lipinski definition) is 0. The number of nitriles is 1. The van der Waals surface area contributed by atoms with Gasteiger partial charge in [0, 0.05) is 0 Å². The van der Waals surface area contributed by atoms with Gasteiger partial charge in [0.1, 0.15) is 6.07 Å². The molecule has 0 saturated heterocycles. The number of hydrogen-bond acceptors (Lipinski definition) is 4. The molecule has 72 valence electrons. The highest BCUT2D eigenvalue weighted by Crippen LogP contribution is 2.06. The van der Waals surface area contributed by atoms with Gasteiger partial charge in [-0.1, -0.05) is 0 Å². The number of esters is 1. The number of ether oxygens (including phenoxy) is 1. The molecule has 0 bridgehead atoms. The molecule has 0 saturated carbocycles. The molecule has 0 amide bonds. The molecule has 0 radical (unpaired) electrons. The van der Waals surface area contributed by atoms with Crippen molar-refractivity contribution in [3.63, 3.8) is 0 Å². The molecule has 0 spiro atoms. The molecule has 1 heterocycles. The molecule has 0 atom stereocenters. The summed E-state index contributed by atoms with van der Waals surface area (Å²) < 4.78 is 4.51. The molecule has 1 rings (SSSR count). The Morgan fingerprint density at radius 3 is 2.86 bits per heavy atom. The van der Waals surface area contributed by atoms with Crippen LogP contribution >= 0.6 is 0 Å². The first-order valence-electron chi connectivity index (χ1n) is 4.11. The van der Waals surface area contributed by atoms with Crippen LogP contribution in [0.25, 0.3) is 0 Å². The van der Waals surface area contributed by atoms with Gasteiger partial charge in [0.05, 0.1) is 30.5 Å². The lowest BCUT2D eigenvalue weighted by molar-refractivity contribution is -0.139. The van der Waals surface area contributed by atoms with Gasteiger partial charge in [0.2, 0.25) is 0 Å². The summed E-state index contributed by atoms with van der Waals surface area (Å²) in [5.41, 5.74) is 1.78. The first-order valence-corrected chi connectivity index (χ1v) is 4.11. The van der Waals surface area contributed by atoms with Gasteiger partial charge in [0.25, 0.3) is 0 Å². The maximum atomic E-state index is 10.9. The fourth-order valence-electron chi connectivity index (χ4n) is 1.05. The number of aryl methyl sites for hydroxylation is 1. The Kier molecular flexibility index (Phi) is 3.19. The highest BCUT2D eigenvalue weighted by atomic mass is 16.5. The summed E-state index contributed by atoms with van der Waals surface area (Å²) in [6.45, 7) is 1.74. The quantitative estimate of drug-likeness (QED) is 0.652. The van der Waals surface area contributed by atoms with E-state index in [1.807, 2.05) is 6.07 Å². The van der Waals surface area contributed by atoms with Crippen LogP contribution in [-0.2, 0) is 16.0 Å². The van der Waals surface area contributed by atoms with Crippen LogP contribution in [0.2, 0.25) is 0 Å². The Labute approximate surface area is 82.1 Å². The van der Waals surface area contributed by atoms with E-state index >= 15 is 0 Å². The average Bonchev–Trinajstić information content (AvgIpc) is 2.18. The summed E-state index contributed by atoms with van der Waals surface area (Å²) in [5.74, 6) is -0.332. The lowest BCUT2D eigenvalue weighted by Crippen LogP contribution is -2.06. The van der Waals surface area contributed by atoms with Crippen molar-refractivity contribution in [3.8, 4) is 6.07 Å². The number of nitrogens with zero attached hydrogens (tertiary/aromatic N) is 2. The third kappa shape index (κ3) is 2.30. The van der Waals surface area contributed by atoms with Crippen molar-refractivity contribution in [1.82, 2.24) is 4.98 Å². The SMILES string of the molecule is COC(=O)Cc1ccc(C#N)c(C)n1. The van der Waals surface area contributed by atoms with Crippen molar-refractivity contribution in [2.75, 3.05) is 7.11 Å². The maximum absolute atomic E-state index is 10.9. The Bertz CT molecular complexity index is 394. The van der Waals surface area contributed by atoms with Crippen LogP contribution in [0.3, 0.4) is 0 Å². The minimum absolute atomic E-state index is 0.142. The number of pyridine rings is 1. The first-order chi connectivity index (χ1) is 6.67. The highest BCUT2D eigenvalue weighted by Gasteiger charge is 2.05. The maximum Gasteiger partial charge on any atom is 0.311 e. The first kappa shape index (κ1) is 10.2. The molecule has 4 heteroatoms. The lowest BCUT2D eigenvalue weighted by atomic mass is 10.2. The summed E-state index contributed by atoms with van der Waals surface area (Å²) in [4.78, 5) is 15.0. The Balaban J connectivity index is 2.88. The molecule has 0 N–H and O–H groups in total. The molecule has 0 aliphatic rings. The van der Waals surface area contributed by atoms with Crippen molar-refractivity contribution in [3.05, 3.63) is 29.1 Å². The van der Waals surface area contributed by atoms with E-state index in [1.54, 1.807) is 19.1 Å². The van der Waals surface area contributed by atoms with E-state index in [2.05, 4.69) is 9.72 Å². The minimum atomic E-state index is -0.332. The second-order valence-corrected chi connectivity index (χ2v) is 2.80. The number of carbonyl (C=O) groups is 1. The second kappa shape index (κ2) is 4.38. The van der Waals surface area contributed by atoms with Crippen LogP contribution in [0.1, 0.15) is 17.0 Å². The van der Waals surface area contributed by atoms with Gasteiger partial charge >= 0.3 is 5.97 Å². The van der Waals surface area contributed by atoms with E-state index in [-0.39, 0.29) is 12.4 Å². The van der Waals surface area contributed by atoms with Crippen LogP contribution in [0.15, 0.2) is 12.1 Å². The van der Waals surface area contributed by atoms with Gasteiger partial charge in [-0.25, -0.2) is 0 Å². The second-order valence-electron chi connectivity index (χ2n) is 2.80. The minimum Gasteiger partial charge on any atom is -0.469 e. The predicted octanol–water partition coefficient (Wildman–Crippen LogP) is 0.977. The molecule has 1 aromatic heterocycles. The molecule has 1 aromatic rings. The summed E-state index contributed by atoms with van der Waals surface area (Å²) >= 11 is 0. The van der Waals surface area contributed by atoms with Gasteiger partial charge in [-0.3, -0.25) is 9.78 Å². The van der Waals surface area contributed by atoms with E-state index in [1.165, 1.54) is 7.11 Å². The zero-order valence-electron chi connectivity index (χ0n) is 8.07. The van der Waals surface area contributed by atoms with Crippen LogP contribution in [0.5, 0.6) is 0 Å². The zero-order chi connectivity index (χ0) is 10.6.